The van der Waals surface area contributed by atoms with E-state index in [1.807, 2.05) is 13.0 Å². The van der Waals surface area contributed by atoms with E-state index in [-0.39, 0.29) is 17.7 Å². The normalized spacial score (nSPS) is 25.3. The van der Waals surface area contributed by atoms with E-state index < -0.39 is 6.10 Å². The summed E-state index contributed by atoms with van der Waals surface area (Å²) in [4.78, 5) is 25.4. The Labute approximate surface area is 117 Å². The van der Waals surface area contributed by atoms with Gasteiger partial charge in [-0.1, -0.05) is 13.0 Å². The van der Waals surface area contributed by atoms with Gasteiger partial charge in [-0.15, -0.1) is 0 Å². The minimum Gasteiger partial charge on any atom is -0.391 e. The van der Waals surface area contributed by atoms with Crippen molar-refractivity contribution in [2.75, 3.05) is 18.4 Å². The molecular weight excluding hydrogens is 256 g/mol. The molecule has 0 aliphatic carbocycles. The summed E-state index contributed by atoms with van der Waals surface area (Å²) in [5, 5.41) is 12.6. The highest BCUT2D eigenvalue weighted by molar-refractivity contribution is 6.02. The van der Waals surface area contributed by atoms with Gasteiger partial charge in [-0.2, -0.15) is 0 Å². The monoisotopic (exact) mass is 274 g/mol. The molecule has 5 heteroatoms. The predicted octanol–water partition coefficient (Wildman–Crippen LogP) is 1.02. The molecule has 1 saturated heterocycles. The van der Waals surface area contributed by atoms with E-state index in [1.165, 1.54) is 0 Å². The number of likely N-dealkylation sites (tertiary alicyclic amines) is 1. The average molecular weight is 274 g/mol. The quantitative estimate of drug-likeness (QED) is 0.803. The SMILES string of the molecule is CC1CCN(C(=O)c2ccc3c(c2)NC(=O)C3)CC1O. The minimum absolute atomic E-state index is 0.0354. The van der Waals surface area contributed by atoms with Crippen LogP contribution in [0.3, 0.4) is 0 Å². The van der Waals surface area contributed by atoms with Gasteiger partial charge in [-0.3, -0.25) is 9.59 Å². The molecule has 1 aromatic carbocycles. The van der Waals surface area contributed by atoms with Crippen LogP contribution in [-0.2, 0) is 11.2 Å². The second kappa shape index (κ2) is 4.90. The maximum absolute atomic E-state index is 12.4. The standard InChI is InChI=1S/C15H18N2O3/c1-9-4-5-17(8-13(9)18)15(20)11-3-2-10-7-14(19)16-12(10)6-11/h2-3,6,9,13,18H,4-5,7-8H2,1H3,(H,16,19). The molecule has 1 fully saturated rings. The first-order chi connectivity index (χ1) is 9.54. The number of carbonyl (C=O) groups is 2. The van der Waals surface area contributed by atoms with Crippen molar-refractivity contribution in [3.63, 3.8) is 0 Å². The van der Waals surface area contributed by atoms with Crippen molar-refractivity contribution in [3.8, 4) is 0 Å². The lowest BCUT2D eigenvalue weighted by Crippen LogP contribution is -2.45. The molecule has 106 valence electrons. The molecule has 2 unspecified atom stereocenters. The molecule has 0 spiro atoms. The Morgan fingerprint density at radius 3 is 3.00 bits per heavy atom. The van der Waals surface area contributed by atoms with Crippen molar-refractivity contribution < 1.29 is 14.7 Å². The Hall–Kier alpha value is -1.88. The van der Waals surface area contributed by atoms with Gasteiger partial charge in [0, 0.05) is 24.3 Å². The van der Waals surface area contributed by atoms with Gasteiger partial charge in [0.2, 0.25) is 5.91 Å². The van der Waals surface area contributed by atoms with E-state index in [9.17, 15) is 14.7 Å². The smallest absolute Gasteiger partial charge is 0.254 e. The van der Waals surface area contributed by atoms with E-state index in [0.29, 0.717) is 25.1 Å². The highest BCUT2D eigenvalue weighted by Crippen LogP contribution is 2.25. The highest BCUT2D eigenvalue weighted by Gasteiger charge is 2.28. The second-order valence-corrected chi connectivity index (χ2v) is 5.68. The zero-order valence-electron chi connectivity index (χ0n) is 11.4. The van der Waals surface area contributed by atoms with Gasteiger partial charge in [-0.25, -0.2) is 0 Å². The summed E-state index contributed by atoms with van der Waals surface area (Å²) in [6, 6.07) is 5.31. The van der Waals surface area contributed by atoms with Crippen molar-refractivity contribution in [1.29, 1.82) is 0 Å². The van der Waals surface area contributed by atoms with Crippen molar-refractivity contribution >= 4 is 17.5 Å². The third-order valence-corrected chi connectivity index (χ3v) is 4.19. The van der Waals surface area contributed by atoms with Gasteiger partial charge in [-0.05, 0) is 30.0 Å². The fraction of sp³-hybridized carbons (Fsp3) is 0.467. The van der Waals surface area contributed by atoms with Crippen LogP contribution >= 0.6 is 0 Å². The third kappa shape index (κ3) is 2.29. The maximum Gasteiger partial charge on any atom is 0.254 e. The molecule has 2 heterocycles. The number of hydrogen-bond donors (Lipinski definition) is 2. The summed E-state index contributed by atoms with van der Waals surface area (Å²) in [6.45, 7) is 3.04. The lowest BCUT2D eigenvalue weighted by atomic mass is 9.95. The predicted molar refractivity (Wildman–Crippen MR) is 74.5 cm³/mol. The fourth-order valence-electron chi connectivity index (χ4n) is 2.76. The number of fused-ring (bicyclic) bond motifs is 1. The first-order valence-corrected chi connectivity index (χ1v) is 6.94. The number of carbonyl (C=O) groups excluding carboxylic acids is 2. The molecule has 0 radical (unpaired) electrons. The first kappa shape index (κ1) is 13.1. The Kier molecular flexibility index (Phi) is 3.22. The van der Waals surface area contributed by atoms with Crippen LogP contribution in [0.2, 0.25) is 0 Å². The molecule has 3 rings (SSSR count). The Morgan fingerprint density at radius 2 is 2.25 bits per heavy atom. The summed E-state index contributed by atoms with van der Waals surface area (Å²) in [5.41, 5.74) is 2.22. The number of rotatable bonds is 1. The molecule has 2 N–H and O–H groups in total. The molecule has 5 nitrogen and oxygen atoms in total. The number of nitrogens with zero attached hydrogens (tertiary/aromatic N) is 1. The fourth-order valence-corrected chi connectivity index (χ4v) is 2.76. The van der Waals surface area contributed by atoms with Crippen LogP contribution in [0, 0.1) is 5.92 Å². The van der Waals surface area contributed by atoms with E-state index >= 15 is 0 Å². The summed E-state index contributed by atoms with van der Waals surface area (Å²) in [5.74, 6) is 0.116. The van der Waals surface area contributed by atoms with Gasteiger partial charge in [0.25, 0.3) is 5.91 Å². The van der Waals surface area contributed by atoms with Gasteiger partial charge in [0.1, 0.15) is 0 Å². The van der Waals surface area contributed by atoms with Crippen LogP contribution in [0.1, 0.15) is 29.3 Å². The maximum atomic E-state index is 12.4. The van der Waals surface area contributed by atoms with E-state index in [4.69, 9.17) is 0 Å². The van der Waals surface area contributed by atoms with Gasteiger partial charge in [0.05, 0.1) is 12.5 Å². The van der Waals surface area contributed by atoms with Crippen LogP contribution in [0.25, 0.3) is 0 Å². The summed E-state index contributed by atoms with van der Waals surface area (Å²) in [7, 11) is 0. The van der Waals surface area contributed by atoms with Crippen molar-refractivity contribution in [1.82, 2.24) is 4.90 Å². The average Bonchev–Trinajstić information content (AvgIpc) is 2.80. The molecule has 2 atom stereocenters. The molecule has 2 aliphatic rings. The lowest BCUT2D eigenvalue weighted by molar-refractivity contribution is -0.115. The molecular formula is C15H18N2O3. The number of anilines is 1. The lowest BCUT2D eigenvalue weighted by Gasteiger charge is -2.34. The second-order valence-electron chi connectivity index (χ2n) is 5.68. The van der Waals surface area contributed by atoms with Crippen molar-refractivity contribution in [2.24, 2.45) is 5.92 Å². The number of piperidine rings is 1. The molecule has 0 saturated carbocycles. The number of aliphatic hydroxyl groups excluding tert-OH is 1. The van der Waals surface area contributed by atoms with Crippen molar-refractivity contribution in [2.45, 2.75) is 25.9 Å². The Balaban J connectivity index is 1.78. The number of nitrogens with one attached hydrogen (secondary N) is 1. The zero-order valence-corrected chi connectivity index (χ0v) is 11.4. The molecule has 2 amide bonds. The molecule has 0 aromatic heterocycles. The molecule has 0 bridgehead atoms. The Morgan fingerprint density at radius 1 is 1.45 bits per heavy atom. The number of benzene rings is 1. The number of hydrogen-bond acceptors (Lipinski definition) is 3. The van der Waals surface area contributed by atoms with Crippen LogP contribution in [-0.4, -0.2) is 41.0 Å². The van der Waals surface area contributed by atoms with Crippen LogP contribution in [0.5, 0.6) is 0 Å². The topological polar surface area (TPSA) is 69.6 Å². The van der Waals surface area contributed by atoms with Crippen LogP contribution < -0.4 is 5.32 Å². The van der Waals surface area contributed by atoms with Crippen LogP contribution in [0.15, 0.2) is 18.2 Å². The summed E-state index contributed by atoms with van der Waals surface area (Å²) < 4.78 is 0. The summed E-state index contributed by atoms with van der Waals surface area (Å²) in [6.07, 6.45) is 0.736. The first-order valence-electron chi connectivity index (χ1n) is 6.94. The number of β-amino-alcohol motifs (C(OH)–C–C–N with tert-alkyl or cyclic N) is 1. The molecule has 2 aliphatic heterocycles. The van der Waals surface area contributed by atoms with E-state index in [0.717, 1.165) is 17.7 Å². The Bertz CT molecular complexity index is 570. The minimum atomic E-state index is -0.457. The number of aliphatic hydroxyl groups is 1. The number of amides is 2. The van der Waals surface area contributed by atoms with Gasteiger partial charge >= 0.3 is 0 Å². The molecule has 20 heavy (non-hydrogen) atoms. The van der Waals surface area contributed by atoms with E-state index in [1.54, 1.807) is 17.0 Å². The zero-order chi connectivity index (χ0) is 14.3. The summed E-state index contributed by atoms with van der Waals surface area (Å²) >= 11 is 0. The van der Waals surface area contributed by atoms with Gasteiger partial charge in [0.15, 0.2) is 0 Å². The third-order valence-electron chi connectivity index (χ3n) is 4.19. The van der Waals surface area contributed by atoms with Crippen LogP contribution in [0.4, 0.5) is 5.69 Å². The van der Waals surface area contributed by atoms with Crippen molar-refractivity contribution in [3.05, 3.63) is 29.3 Å². The molecule has 1 aromatic rings. The largest absolute Gasteiger partial charge is 0.391 e. The van der Waals surface area contributed by atoms with Gasteiger partial charge < -0.3 is 15.3 Å². The van der Waals surface area contributed by atoms with E-state index in [2.05, 4.69) is 5.32 Å². The highest BCUT2D eigenvalue weighted by atomic mass is 16.3.